The summed E-state index contributed by atoms with van der Waals surface area (Å²) >= 11 is 3.41. The molecule has 2 amide bonds. The Morgan fingerprint density at radius 2 is 1.50 bits per heavy atom. The first-order valence-corrected chi connectivity index (χ1v) is 13.9. The number of carbonyl (C=O) groups excluding carboxylic acids is 2. The van der Waals surface area contributed by atoms with Crippen molar-refractivity contribution in [1.29, 1.82) is 0 Å². The van der Waals surface area contributed by atoms with E-state index in [1.807, 2.05) is 31.2 Å². The number of halogens is 1. The van der Waals surface area contributed by atoms with Crippen LogP contribution < -0.4 is 9.62 Å². The summed E-state index contributed by atoms with van der Waals surface area (Å²) in [5.74, 6) is -0.778. The second-order valence-corrected chi connectivity index (χ2v) is 11.1. The van der Waals surface area contributed by atoms with Gasteiger partial charge in [-0.25, -0.2) is 8.42 Å². The molecule has 0 aliphatic heterocycles. The fourth-order valence-electron chi connectivity index (χ4n) is 3.61. The van der Waals surface area contributed by atoms with Crippen LogP contribution in [0, 0.1) is 0 Å². The molecule has 0 unspecified atom stereocenters. The van der Waals surface area contributed by atoms with Gasteiger partial charge in [0.25, 0.3) is 10.0 Å². The molecule has 0 saturated heterocycles. The standard InChI is InChI=1S/C27H30BrN3O4S/c1-3-18-29-27(33)21(2)30(19-22-14-16-23(28)17-15-22)26(32)20-31(24-10-6-4-7-11-24)36(34,35)25-12-8-5-9-13-25/h4-17,21H,3,18-20H2,1-2H3,(H,29,33)/t21-/m1/s1. The van der Waals surface area contributed by atoms with Crippen molar-refractivity contribution >= 4 is 43.5 Å². The number of carbonyl (C=O) groups is 2. The Bertz CT molecular complexity index is 1250. The lowest BCUT2D eigenvalue weighted by molar-refractivity contribution is -0.139. The van der Waals surface area contributed by atoms with Crippen molar-refractivity contribution in [1.82, 2.24) is 10.2 Å². The Morgan fingerprint density at radius 3 is 2.08 bits per heavy atom. The van der Waals surface area contributed by atoms with Crippen molar-refractivity contribution in [2.24, 2.45) is 0 Å². The van der Waals surface area contributed by atoms with Gasteiger partial charge in [-0.05, 0) is 55.3 Å². The maximum atomic E-state index is 13.7. The number of para-hydroxylation sites is 1. The average molecular weight is 573 g/mol. The number of nitrogens with one attached hydrogen (secondary N) is 1. The molecule has 7 nitrogen and oxygen atoms in total. The normalized spacial score (nSPS) is 12.0. The van der Waals surface area contributed by atoms with Crippen LogP contribution >= 0.6 is 15.9 Å². The van der Waals surface area contributed by atoms with Gasteiger partial charge < -0.3 is 10.2 Å². The lowest BCUT2D eigenvalue weighted by Crippen LogP contribution is -2.51. The van der Waals surface area contributed by atoms with E-state index >= 15 is 0 Å². The largest absolute Gasteiger partial charge is 0.354 e. The monoisotopic (exact) mass is 571 g/mol. The highest BCUT2D eigenvalue weighted by molar-refractivity contribution is 9.10. The Labute approximate surface area is 221 Å². The van der Waals surface area contributed by atoms with E-state index < -0.39 is 28.5 Å². The molecule has 0 radical (unpaired) electrons. The number of hydrogen-bond acceptors (Lipinski definition) is 4. The second-order valence-electron chi connectivity index (χ2n) is 8.28. The summed E-state index contributed by atoms with van der Waals surface area (Å²) in [6, 6.07) is 23.1. The molecule has 0 bridgehead atoms. The van der Waals surface area contributed by atoms with Gasteiger partial charge in [0, 0.05) is 17.6 Å². The number of benzene rings is 3. The predicted molar refractivity (Wildman–Crippen MR) is 145 cm³/mol. The van der Waals surface area contributed by atoms with Crippen LogP contribution in [0.25, 0.3) is 0 Å². The summed E-state index contributed by atoms with van der Waals surface area (Å²) in [6.07, 6.45) is 0.760. The lowest BCUT2D eigenvalue weighted by Gasteiger charge is -2.32. The topological polar surface area (TPSA) is 86.8 Å². The van der Waals surface area contributed by atoms with E-state index in [4.69, 9.17) is 0 Å². The molecule has 0 spiro atoms. The van der Waals surface area contributed by atoms with Crippen molar-refractivity contribution in [3.05, 3.63) is 95.0 Å². The number of nitrogens with zero attached hydrogens (tertiary/aromatic N) is 2. The third-order valence-electron chi connectivity index (χ3n) is 5.64. The molecular formula is C27H30BrN3O4S. The third-order valence-corrected chi connectivity index (χ3v) is 7.95. The Morgan fingerprint density at radius 1 is 0.917 bits per heavy atom. The SMILES string of the molecule is CCCNC(=O)[C@@H](C)N(Cc1ccc(Br)cc1)C(=O)CN(c1ccccc1)S(=O)(=O)c1ccccc1. The van der Waals surface area contributed by atoms with Crippen LogP contribution in [0.4, 0.5) is 5.69 Å². The fourth-order valence-corrected chi connectivity index (χ4v) is 5.31. The van der Waals surface area contributed by atoms with Crippen LogP contribution in [0.1, 0.15) is 25.8 Å². The lowest BCUT2D eigenvalue weighted by atomic mass is 10.1. The number of anilines is 1. The number of sulfonamides is 1. The highest BCUT2D eigenvalue weighted by Crippen LogP contribution is 2.24. The van der Waals surface area contributed by atoms with Crippen molar-refractivity contribution in [3.63, 3.8) is 0 Å². The summed E-state index contributed by atoms with van der Waals surface area (Å²) in [7, 11) is -4.04. The summed E-state index contributed by atoms with van der Waals surface area (Å²) in [4.78, 5) is 28.0. The predicted octanol–water partition coefficient (Wildman–Crippen LogP) is 4.59. The zero-order valence-electron chi connectivity index (χ0n) is 20.3. The minimum Gasteiger partial charge on any atom is -0.354 e. The summed E-state index contributed by atoms with van der Waals surface area (Å²) in [5, 5.41) is 2.83. The summed E-state index contributed by atoms with van der Waals surface area (Å²) in [5.41, 5.74) is 1.18. The molecule has 0 heterocycles. The van der Waals surface area contributed by atoms with Gasteiger partial charge in [0.05, 0.1) is 10.6 Å². The zero-order chi connectivity index (χ0) is 26.1. The maximum Gasteiger partial charge on any atom is 0.264 e. The average Bonchev–Trinajstić information content (AvgIpc) is 2.90. The maximum absolute atomic E-state index is 13.7. The fraction of sp³-hybridized carbons (Fsp3) is 0.259. The first kappa shape index (κ1) is 27.4. The van der Waals surface area contributed by atoms with E-state index in [2.05, 4.69) is 21.2 Å². The molecule has 0 fully saturated rings. The van der Waals surface area contributed by atoms with E-state index in [1.54, 1.807) is 55.5 Å². The Hall–Kier alpha value is -3.17. The molecule has 0 aliphatic rings. The molecule has 0 aromatic heterocycles. The molecule has 36 heavy (non-hydrogen) atoms. The highest BCUT2D eigenvalue weighted by Gasteiger charge is 2.32. The van der Waals surface area contributed by atoms with Gasteiger partial charge in [0.1, 0.15) is 12.6 Å². The van der Waals surface area contributed by atoms with Crippen molar-refractivity contribution in [2.45, 2.75) is 37.8 Å². The van der Waals surface area contributed by atoms with E-state index in [9.17, 15) is 18.0 Å². The summed E-state index contributed by atoms with van der Waals surface area (Å²) in [6.45, 7) is 3.79. The molecule has 3 rings (SSSR count). The van der Waals surface area contributed by atoms with E-state index in [0.717, 1.165) is 20.8 Å². The molecule has 1 atom stereocenters. The molecule has 0 saturated carbocycles. The molecule has 1 N–H and O–H groups in total. The van der Waals surface area contributed by atoms with E-state index in [0.29, 0.717) is 12.2 Å². The van der Waals surface area contributed by atoms with Gasteiger partial charge in [-0.3, -0.25) is 13.9 Å². The van der Waals surface area contributed by atoms with Crippen molar-refractivity contribution in [2.75, 3.05) is 17.4 Å². The number of rotatable bonds is 11. The number of amides is 2. The van der Waals surface area contributed by atoms with E-state index in [1.165, 1.54) is 17.0 Å². The summed E-state index contributed by atoms with van der Waals surface area (Å²) < 4.78 is 29.2. The third kappa shape index (κ3) is 6.95. The van der Waals surface area contributed by atoms with E-state index in [-0.39, 0.29) is 17.3 Å². The smallest absolute Gasteiger partial charge is 0.264 e. The van der Waals surface area contributed by atoms with Crippen molar-refractivity contribution < 1.29 is 18.0 Å². The van der Waals surface area contributed by atoms with Crippen LogP contribution in [-0.2, 0) is 26.2 Å². The molecular weight excluding hydrogens is 542 g/mol. The first-order valence-electron chi connectivity index (χ1n) is 11.7. The van der Waals surface area contributed by atoms with Gasteiger partial charge in [-0.1, -0.05) is 71.4 Å². The molecule has 3 aromatic rings. The van der Waals surface area contributed by atoms with Gasteiger partial charge >= 0.3 is 0 Å². The minimum atomic E-state index is -4.04. The molecule has 190 valence electrons. The van der Waals surface area contributed by atoms with Crippen molar-refractivity contribution in [3.8, 4) is 0 Å². The Balaban J connectivity index is 1.97. The molecule has 9 heteroatoms. The van der Waals surface area contributed by atoms with Gasteiger partial charge in [-0.15, -0.1) is 0 Å². The van der Waals surface area contributed by atoms with Crippen LogP contribution in [-0.4, -0.2) is 44.3 Å². The molecule has 3 aromatic carbocycles. The number of hydrogen-bond donors (Lipinski definition) is 1. The minimum absolute atomic E-state index is 0.0786. The molecule has 0 aliphatic carbocycles. The van der Waals surface area contributed by atoms with Crippen LogP contribution in [0.2, 0.25) is 0 Å². The zero-order valence-corrected chi connectivity index (χ0v) is 22.7. The van der Waals surface area contributed by atoms with Crippen LogP contribution in [0.3, 0.4) is 0 Å². The highest BCUT2D eigenvalue weighted by atomic mass is 79.9. The Kier molecular flexibility index (Phi) is 9.66. The van der Waals surface area contributed by atoms with Crippen LogP contribution in [0.15, 0.2) is 94.3 Å². The quantitative estimate of drug-likeness (QED) is 0.364. The first-order chi connectivity index (χ1) is 17.2. The second kappa shape index (κ2) is 12.7. The van der Waals surface area contributed by atoms with Gasteiger partial charge in [0.2, 0.25) is 11.8 Å². The van der Waals surface area contributed by atoms with Crippen LogP contribution in [0.5, 0.6) is 0 Å². The van der Waals surface area contributed by atoms with Gasteiger partial charge in [0.15, 0.2) is 0 Å². The van der Waals surface area contributed by atoms with Gasteiger partial charge in [-0.2, -0.15) is 0 Å².